The van der Waals surface area contributed by atoms with Crippen molar-refractivity contribution >= 4 is 11.6 Å². The van der Waals surface area contributed by atoms with Crippen LogP contribution in [0, 0.1) is 0 Å². The first-order valence-corrected chi connectivity index (χ1v) is 7.17. The summed E-state index contributed by atoms with van der Waals surface area (Å²) in [6.07, 6.45) is 6.24. The Kier molecular flexibility index (Phi) is 4.66. The van der Waals surface area contributed by atoms with Gasteiger partial charge in [-0.2, -0.15) is 0 Å². The molecule has 0 radical (unpaired) electrons. The smallest absolute Gasteiger partial charge is 0.0406 e. The third kappa shape index (κ3) is 3.98. The Morgan fingerprint density at radius 1 is 1.17 bits per heavy atom. The molecule has 1 saturated carbocycles. The third-order valence-corrected chi connectivity index (χ3v) is 4.05. The van der Waals surface area contributed by atoms with Gasteiger partial charge in [-0.05, 0) is 37.6 Å². The van der Waals surface area contributed by atoms with Gasteiger partial charge in [0, 0.05) is 23.7 Å². The molecule has 1 aromatic carbocycles. The maximum atomic E-state index is 6.47. The molecule has 1 aliphatic rings. The lowest BCUT2D eigenvalue weighted by Crippen LogP contribution is -2.50. The second kappa shape index (κ2) is 6.05. The van der Waals surface area contributed by atoms with Crippen molar-refractivity contribution in [2.75, 3.05) is 13.6 Å². The van der Waals surface area contributed by atoms with Crippen molar-refractivity contribution < 1.29 is 0 Å². The van der Waals surface area contributed by atoms with Crippen LogP contribution in [0.1, 0.15) is 37.7 Å². The van der Waals surface area contributed by atoms with Gasteiger partial charge in [0.2, 0.25) is 0 Å². The number of likely N-dealkylation sites (N-methyl/N-ethyl adjacent to an activating group) is 1. The minimum absolute atomic E-state index is 0.0272. The largest absolute Gasteiger partial charge is 0.324 e. The average molecular weight is 267 g/mol. The van der Waals surface area contributed by atoms with Crippen molar-refractivity contribution in [2.24, 2.45) is 5.73 Å². The molecule has 1 fully saturated rings. The Morgan fingerprint density at radius 3 is 2.39 bits per heavy atom. The fraction of sp³-hybridized carbons (Fsp3) is 0.600. The van der Waals surface area contributed by atoms with Gasteiger partial charge in [0.05, 0.1) is 0 Å². The van der Waals surface area contributed by atoms with Crippen LogP contribution in [0.2, 0.25) is 5.02 Å². The number of hydrogen-bond acceptors (Lipinski definition) is 2. The number of nitrogens with two attached hydrogens (primary N) is 1. The van der Waals surface area contributed by atoms with E-state index in [0.717, 1.165) is 31.0 Å². The zero-order valence-electron chi connectivity index (χ0n) is 11.2. The lowest BCUT2D eigenvalue weighted by Gasteiger charge is -2.36. The van der Waals surface area contributed by atoms with Crippen LogP contribution in [0.5, 0.6) is 0 Å². The van der Waals surface area contributed by atoms with Gasteiger partial charge in [-0.3, -0.25) is 0 Å². The quantitative estimate of drug-likeness (QED) is 0.905. The minimum Gasteiger partial charge on any atom is -0.324 e. The van der Waals surface area contributed by atoms with Crippen LogP contribution < -0.4 is 5.73 Å². The van der Waals surface area contributed by atoms with E-state index in [2.05, 4.69) is 24.1 Å². The molecule has 0 heterocycles. The van der Waals surface area contributed by atoms with Crippen molar-refractivity contribution in [3.05, 3.63) is 34.9 Å². The number of hydrogen-bond donors (Lipinski definition) is 1. The first kappa shape index (κ1) is 13.9. The Labute approximate surface area is 115 Å². The van der Waals surface area contributed by atoms with Gasteiger partial charge in [0.25, 0.3) is 0 Å². The SMILES string of the molecule is CN(Cc1ccc(Cl)cc1)CC1(N)CCCCC1. The maximum absolute atomic E-state index is 6.47. The molecule has 18 heavy (non-hydrogen) atoms. The van der Waals surface area contributed by atoms with Crippen LogP contribution in [0.25, 0.3) is 0 Å². The maximum Gasteiger partial charge on any atom is 0.0406 e. The molecule has 0 unspecified atom stereocenters. The van der Waals surface area contributed by atoms with E-state index in [1.165, 1.54) is 24.8 Å². The number of nitrogens with zero attached hydrogens (tertiary/aromatic N) is 1. The molecule has 2 N–H and O–H groups in total. The van der Waals surface area contributed by atoms with Crippen LogP contribution in [-0.2, 0) is 6.54 Å². The molecule has 0 aliphatic heterocycles. The second-order valence-corrected chi connectivity index (χ2v) is 6.16. The van der Waals surface area contributed by atoms with E-state index in [1.54, 1.807) is 0 Å². The molecule has 2 rings (SSSR count). The van der Waals surface area contributed by atoms with Crippen LogP contribution in [0.4, 0.5) is 0 Å². The fourth-order valence-corrected chi connectivity index (χ4v) is 3.03. The number of halogens is 1. The minimum atomic E-state index is 0.0272. The Morgan fingerprint density at radius 2 is 1.78 bits per heavy atom. The van der Waals surface area contributed by atoms with Gasteiger partial charge in [-0.15, -0.1) is 0 Å². The van der Waals surface area contributed by atoms with Crippen LogP contribution in [0.3, 0.4) is 0 Å². The van der Waals surface area contributed by atoms with E-state index in [4.69, 9.17) is 17.3 Å². The molecular formula is C15H23ClN2. The molecule has 0 bridgehead atoms. The van der Waals surface area contributed by atoms with Crippen molar-refractivity contribution in [3.63, 3.8) is 0 Å². The van der Waals surface area contributed by atoms with Crippen molar-refractivity contribution in [2.45, 2.75) is 44.2 Å². The van der Waals surface area contributed by atoms with Gasteiger partial charge in [-0.1, -0.05) is 43.0 Å². The molecule has 0 aromatic heterocycles. The summed E-state index contributed by atoms with van der Waals surface area (Å²) in [7, 11) is 2.15. The van der Waals surface area contributed by atoms with E-state index in [-0.39, 0.29) is 5.54 Å². The number of rotatable bonds is 4. The second-order valence-electron chi connectivity index (χ2n) is 5.72. The van der Waals surface area contributed by atoms with Gasteiger partial charge >= 0.3 is 0 Å². The van der Waals surface area contributed by atoms with Crippen molar-refractivity contribution in [3.8, 4) is 0 Å². The zero-order valence-corrected chi connectivity index (χ0v) is 11.9. The summed E-state index contributed by atoms with van der Waals surface area (Å²) in [5, 5.41) is 0.795. The van der Waals surface area contributed by atoms with E-state index in [0.29, 0.717) is 0 Å². The van der Waals surface area contributed by atoms with E-state index in [1.807, 2.05) is 12.1 Å². The molecule has 1 aromatic rings. The van der Waals surface area contributed by atoms with E-state index < -0.39 is 0 Å². The summed E-state index contributed by atoms with van der Waals surface area (Å²) in [6, 6.07) is 8.07. The molecule has 100 valence electrons. The van der Waals surface area contributed by atoms with Gasteiger partial charge < -0.3 is 10.6 Å². The zero-order chi connectivity index (χ0) is 13.0. The first-order chi connectivity index (χ1) is 8.57. The molecule has 0 saturated heterocycles. The monoisotopic (exact) mass is 266 g/mol. The highest BCUT2D eigenvalue weighted by atomic mass is 35.5. The van der Waals surface area contributed by atoms with Crippen LogP contribution >= 0.6 is 11.6 Å². The normalized spacial score (nSPS) is 19.1. The van der Waals surface area contributed by atoms with Gasteiger partial charge in [-0.25, -0.2) is 0 Å². The molecule has 1 aliphatic carbocycles. The molecule has 0 amide bonds. The number of benzene rings is 1. The highest BCUT2D eigenvalue weighted by Crippen LogP contribution is 2.26. The van der Waals surface area contributed by atoms with Crippen molar-refractivity contribution in [1.82, 2.24) is 4.90 Å². The Bertz CT molecular complexity index is 369. The standard InChI is InChI=1S/C15H23ClN2/c1-18(11-13-5-7-14(16)8-6-13)12-15(17)9-3-2-4-10-15/h5-8H,2-4,9-12,17H2,1H3. The summed E-state index contributed by atoms with van der Waals surface area (Å²) < 4.78 is 0. The molecule has 2 nitrogen and oxygen atoms in total. The molecule has 3 heteroatoms. The predicted octanol–water partition coefficient (Wildman–Crippen LogP) is 3.43. The summed E-state index contributed by atoms with van der Waals surface area (Å²) in [6.45, 7) is 1.92. The summed E-state index contributed by atoms with van der Waals surface area (Å²) in [4.78, 5) is 2.33. The Balaban J connectivity index is 1.87. The Hall–Kier alpha value is -0.570. The summed E-state index contributed by atoms with van der Waals surface area (Å²) in [5.41, 5.74) is 7.80. The topological polar surface area (TPSA) is 29.3 Å². The molecular weight excluding hydrogens is 244 g/mol. The average Bonchev–Trinajstić information content (AvgIpc) is 2.32. The van der Waals surface area contributed by atoms with Crippen LogP contribution in [-0.4, -0.2) is 24.0 Å². The van der Waals surface area contributed by atoms with Crippen molar-refractivity contribution in [1.29, 1.82) is 0 Å². The summed E-state index contributed by atoms with van der Waals surface area (Å²) >= 11 is 5.89. The van der Waals surface area contributed by atoms with Crippen LogP contribution in [0.15, 0.2) is 24.3 Å². The lowest BCUT2D eigenvalue weighted by atomic mass is 9.82. The van der Waals surface area contributed by atoms with Gasteiger partial charge in [0.1, 0.15) is 0 Å². The highest BCUT2D eigenvalue weighted by Gasteiger charge is 2.28. The van der Waals surface area contributed by atoms with E-state index in [9.17, 15) is 0 Å². The molecule has 0 spiro atoms. The van der Waals surface area contributed by atoms with E-state index >= 15 is 0 Å². The fourth-order valence-electron chi connectivity index (χ4n) is 2.91. The predicted molar refractivity (Wildman–Crippen MR) is 77.8 cm³/mol. The van der Waals surface area contributed by atoms with Gasteiger partial charge in [0.15, 0.2) is 0 Å². The third-order valence-electron chi connectivity index (χ3n) is 3.80. The highest BCUT2D eigenvalue weighted by molar-refractivity contribution is 6.30. The summed E-state index contributed by atoms with van der Waals surface area (Å²) in [5.74, 6) is 0. The first-order valence-electron chi connectivity index (χ1n) is 6.79. The molecule has 0 atom stereocenters. The lowest BCUT2D eigenvalue weighted by molar-refractivity contribution is 0.193.